The molecule has 6 heterocycles. The number of nitrogens with zero attached hydrogens (tertiary/aromatic N) is 5. The fourth-order valence-electron chi connectivity index (χ4n) is 10.6. The SMILES string of the molecule is CC(C)(C)OC(=O)NC1(c2ccc(-c3nc4ccnc(COCc5ccnc(F)c5)c4cc3-c3ccccc3)cc2)CCC1.NC1(c2ccc(-c3nc4ccnc(COCc5cc[nH]c(=O)c5)c4cc3-c3ccccc3)cc2)CCC1. The molecule has 81 heavy (non-hydrogen) atoms. The van der Waals surface area contributed by atoms with Crippen LogP contribution < -0.4 is 16.6 Å². The smallest absolute Gasteiger partial charge is 0.408 e. The number of fused-ring (bicyclic) bond motifs is 2. The van der Waals surface area contributed by atoms with Gasteiger partial charge in [-0.1, -0.05) is 109 Å². The number of carbonyl (C=O) groups excluding carboxylic acids is 1. The van der Waals surface area contributed by atoms with Gasteiger partial charge in [0, 0.05) is 69.4 Å². The van der Waals surface area contributed by atoms with E-state index in [1.807, 2.05) is 75.4 Å². The van der Waals surface area contributed by atoms with Crippen LogP contribution in [0.15, 0.2) is 187 Å². The zero-order valence-corrected chi connectivity index (χ0v) is 45.6. The molecule has 4 aromatic carbocycles. The Kier molecular flexibility index (Phi) is 15.7. The lowest BCUT2D eigenvalue weighted by Gasteiger charge is -2.43. The number of ether oxygens (including phenoxy) is 3. The number of aromatic amines is 1. The lowest BCUT2D eigenvalue weighted by atomic mass is 9.71. The highest BCUT2D eigenvalue weighted by atomic mass is 19.1. The molecule has 13 nitrogen and oxygen atoms in total. The van der Waals surface area contributed by atoms with E-state index in [-0.39, 0.29) is 24.3 Å². The molecular weight excluding hydrogens is 1020 g/mol. The van der Waals surface area contributed by atoms with Crippen molar-refractivity contribution in [3.8, 4) is 44.8 Å². The summed E-state index contributed by atoms with van der Waals surface area (Å²) in [4.78, 5) is 49.9. The summed E-state index contributed by atoms with van der Waals surface area (Å²) in [6.07, 6.45) is 12.2. The van der Waals surface area contributed by atoms with Gasteiger partial charge in [-0.15, -0.1) is 0 Å². The number of benzene rings is 4. The first-order chi connectivity index (χ1) is 39.3. The summed E-state index contributed by atoms with van der Waals surface area (Å²) >= 11 is 0. The van der Waals surface area contributed by atoms with Crippen LogP contribution in [-0.2, 0) is 51.7 Å². The van der Waals surface area contributed by atoms with E-state index in [0.717, 1.165) is 121 Å². The Morgan fingerprint density at radius 2 is 1.10 bits per heavy atom. The van der Waals surface area contributed by atoms with Gasteiger partial charge in [0.1, 0.15) is 5.60 Å². The van der Waals surface area contributed by atoms with Crippen molar-refractivity contribution in [1.82, 2.24) is 35.2 Å². The van der Waals surface area contributed by atoms with Crippen LogP contribution in [0.2, 0.25) is 0 Å². The average Bonchev–Trinajstić information content (AvgIpc) is 3.65. The molecule has 408 valence electrons. The predicted octanol–water partition coefficient (Wildman–Crippen LogP) is 13.8. The quantitative estimate of drug-likeness (QED) is 0.0832. The van der Waals surface area contributed by atoms with Gasteiger partial charge < -0.3 is 30.2 Å². The molecule has 2 fully saturated rings. The highest BCUT2D eigenvalue weighted by Crippen LogP contribution is 2.44. The molecule has 4 N–H and O–H groups in total. The van der Waals surface area contributed by atoms with Crippen molar-refractivity contribution in [3.63, 3.8) is 0 Å². The van der Waals surface area contributed by atoms with Crippen LogP contribution >= 0.6 is 0 Å². The number of halogens is 1. The number of nitrogens with two attached hydrogens (primary N) is 1. The van der Waals surface area contributed by atoms with Crippen LogP contribution in [0, 0.1) is 5.95 Å². The first kappa shape index (κ1) is 54.2. The monoisotopic (exact) mass is 1080 g/mol. The molecule has 14 heteroatoms. The van der Waals surface area contributed by atoms with Gasteiger partial charge in [0.05, 0.1) is 65.8 Å². The fraction of sp³-hybridized carbons (Fsp3) is 0.239. The van der Waals surface area contributed by atoms with Crippen molar-refractivity contribution in [2.75, 3.05) is 0 Å². The zero-order chi connectivity index (χ0) is 56.0. The Bertz CT molecular complexity index is 3900. The van der Waals surface area contributed by atoms with Gasteiger partial charge in [-0.25, -0.2) is 19.7 Å². The molecule has 12 rings (SSSR count). The number of rotatable bonds is 15. The highest BCUT2D eigenvalue weighted by Gasteiger charge is 2.41. The molecule has 0 spiro atoms. The van der Waals surface area contributed by atoms with Crippen LogP contribution in [0.25, 0.3) is 66.6 Å². The molecule has 0 atom stereocenters. The number of H-pyrrole nitrogens is 1. The predicted molar refractivity (Wildman–Crippen MR) is 314 cm³/mol. The van der Waals surface area contributed by atoms with Gasteiger partial charge in [0.25, 0.3) is 0 Å². The summed E-state index contributed by atoms with van der Waals surface area (Å²) in [5.74, 6) is -0.534. The maximum Gasteiger partial charge on any atom is 0.408 e. The van der Waals surface area contributed by atoms with Gasteiger partial charge in [0.2, 0.25) is 11.5 Å². The van der Waals surface area contributed by atoms with Crippen LogP contribution in [0.4, 0.5) is 9.18 Å². The van der Waals surface area contributed by atoms with E-state index in [1.165, 1.54) is 24.2 Å². The van der Waals surface area contributed by atoms with E-state index in [0.29, 0.717) is 18.8 Å². The largest absolute Gasteiger partial charge is 0.444 e. The number of amides is 1. The van der Waals surface area contributed by atoms with Crippen molar-refractivity contribution in [2.45, 2.75) is 102 Å². The summed E-state index contributed by atoms with van der Waals surface area (Å²) in [5.41, 5.74) is 20.2. The van der Waals surface area contributed by atoms with Crippen molar-refractivity contribution >= 4 is 27.9 Å². The molecule has 0 bridgehead atoms. The van der Waals surface area contributed by atoms with Crippen LogP contribution in [-0.4, -0.2) is 41.6 Å². The normalized spacial score (nSPS) is 14.3. The van der Waals surface area contributed by atoms with Gasteiger partial charge >= 0.3 is 6.09 Å². The van der Waals surface area contributed by atoms with E-state index in [4.69, 9.17) is 29.9 Å². The number of alkyl carbamates (subject to hydrolysis) is 1. The third-order valence-corrected chi connectivity index (χ3v) is 15.1. The maximum absolute atomic E-state index is 13.5. The number of hydrogen-bond acceptors (Lipinski definition) is 11. The minimum Gasteiger partial charge on any atom is -0.444 e. The van der Waals surface area contributed by atoms with Crippen LogP contribution in [0.3, 0.4) is 0 Å². The van der Waals surface area contributed by atoms with E-state index >= 15 is 0 Å². The minimum absolute atomic E-state index is 0.143. The standard InChI is InChI=1S/C36H35FN4O3.C31H28N4O2/c1-35(2,3)44-34(42)41-36(16-7-17-36)27-12-10-26(11-13-27)33-28(25-8-5-4-6-9-25)21-29-30(40-33)15-19-38-31(29)23-43-22-24-14-18-39-32(37)20-24;32-31(13-4-14-31)24-9-7-23(8-10-24)30-25(22-5-2-1-3-6-22)18-26-27(35-30)12-16-33-28(26)20-37-19-21-11-15-34-29(36)17-21/h4-6,8-15,18-21H,7,16-17,22-23H2,1-3H3,(H,41,42);1-3,5-12,15-18H,4,13-14,19-20,32H2,(H,34,36). The molecule has 0 unspecified atom stereocenters. The number of pyridine rings is 6. The van der Waals surface area contributed by atoms with Gasteiger partial charge in [-0.3, -0.25) is 14.8 Å². The number of carbonyl (C=O) groups is 1. The molecule has 2 aliphatic rings. The third-order valence-electron chi connectivity index (χ3n) is 15.1. The number of hydrogen-bond donors (Lipinski definition) is 3. The Morgan fingerprint density at radius 1 is 0.593 bits per heavy atom. The second-order valence-electron chi connectivity index (χ2n) is 21.9. The summed E-state index contributed by atoms with van der Waals surface area (Å²) in [6, 6.07) is 51.9. The Balaban J connectivity index is 0.000000173. The molecule has 0 radical (unpaired) electrons. The zero-order valence-electron chi connectivity index (χ0n) is 45.6. The summed E-state index contributed by atoms with van der Waals surface area (Å²) in [5, 5.41) is 4.98. The topological polar surface area (TPSA) is 180 Å². The lowest BCUT2D eigenvalue weighted by Crippen LogP contribution is -2.52. The maximum atomic E-state index is 13.5. The van der Waals surface area contributed by atoms with Gasteiger partial charge in [-0.2, -0.15) is 4.39 Å². The Morgan fingerprint density at radius 3 is 1.57 bits per heavy atom. The molecular formula is C67H63FN8O5. The second-order valence-corrected chi connectivity index (χ2v) is 21.9. The van der Waals surface area contributed by atoms with Gasteiger partial charge in [-0.05, 0) is 135 Å². The average molecular weight is 1080 g/mol. The van der Waals surface area contributed by atoms with E-state index < -0.39 is 23.2 Å². The molecule has 6 aromatic heterocycles. The molecule has 2 aliphatic carbocycles. The number of aromatic nitrogens is 6. The van der Waals surface area contributed by atoms with E-state index in [2.05, 4.69) is 110 Å². The fourth-order valence-corrected chi connectivity index (χ4v) is 10.6. The van der Waals surface area contributed by atoms with Crippen molar-refractivity contribution in [2.24, 2.45) is 5.73 Å². The molecule has 0 saturated heterocycles. The van der Waals surface area contributed by atoms with Gasteiger partial charge in [0.15, 0.2) is 0 Å². The van der Waals surface area contributed by atoms with Crippen LogP contribution in [0.1, 0.15) is 92.9 Å². The summed E-state index contributed by atoms with van der Waals surface area (Å²) < 4.78 is 30.9. The molecule has 2 saturated carbocycles. The molecule has 0 aliphatic heterocycles. The third kappa shape index (κ3) is 12.5. The second kappa shape index (κ2) is 23.5. The highest BCUT2D eigenvalue weighted by molar-refractivity contribution is 5.94. The summed E-state index contributed by atoms with van der Waals surface area (Å²) in [7, 11) is 0. The summed E-state index contributed by atoms with van der Waals surface area (Å²) in [6.45, 7) is 6.73. The minimum atomic E-state index is -0.561. The first-order valence-corrected chi connectivity index (χ1v) is 27.4. The van der Waals surface area contributed by atoms with Crippen molar-refractivity contribution < 1.29 is 23.4 Å². The lowest BCUT2D eigenvalue weighted by molar-refractivity contribution is 0.0377. The first-order valence-electron chi connectivity index (χ1n) is 27.4. The Labute approximate surface area is 469 Å². The van der Waals surface area contributed by atoms with Crippen molar-refractivity contribution in [3.05, 3.63) is 232 Å². The number of nitrogens with one attached hydrogen (secondary N) is 2. The molecule has 1 amide bonds. The van der Waals surface area contributed by atoms with Crippen LogP contribution in [0.5, 0.6) is 0 Å². The van der Waals surface area contributed by atoms with Crippen molar-refractivity contribution in [1.29, 1.82) is 0 Å². The van der Waals surface area contributed by atoms with E-state index in [1.54, 1.807) is 30.7 Å². The Hall–Kier alpha value is -8.82. The van der Waals surface area contributed by atoms with E-state index in [9.17, 15) is 14.0 Å². The molecule has 10 aromatic rings.